The van der Waals surface area contributed by atoms with E-state index in [4.69, 9.17) is 14.2 Å². The maximum absolute atomic E-state index is 13.0. The molecule has 1 heterocycles. The lowest BCUT2D eigenvalue weighted by atomic mass is 10.1. The van der Waals surface area contributed by atoms with Crippen LogP contribution in [0.25, 0.3) is 0 Å². The summed E-state index contributed by atoms with van der Waals surface area (Å²) >= 11 is 0. The van der Waals surface area contributed by atoms with E-state index in [1.165, 1.54) is 7.11 Å². The van der Waals surface area contributed by atoms with E-state index in [1.807, 2.05) is 38.1 Å². The van der Waals surface area contributed by atoms with Gasteiger partial charge < -0.3 is 29.3 Å². The second-order valence-corrected chi connectivity index (χ2v) is 7.78. The summed E-state index contributed by atoms with van der Waals surface area (Å²) in [5, 5.41) is 2.96. The number of para-hydroxylation sites is 1. The van der Waals surface area contributed by atoms with E-state index < -0.39 is 0 Å². The number of ether oxygens (including phenoxy) is 3. The maximum Gasteiger partial charge on any atom is 0.317 e. The van der Waals surface area contributed by atoms with Gasteiger partial charge >= 0.3 is 6.03 Å². The molecule has 0 unspecified atom stereocenters. The Balaban J connectivity index is 1.55. The van der Waals surface area contributed by atoms with Crippen LogP contribution in [0, 0.1) is 0 Å². The van der Waals surface area contributed by atoms with Crippen molar-refractivity contribution in [3.8, 4) is 17.2 Å². The summed E-state index contributed by atoms with van der Waals surface area (Å²) in [7, 11) is 3.09. The van der Waals surface area contributed by atoms with E-state index in [0.717, 1.165) is 11.3 Å². The molecule has 0 aliphatic carbocycles. The van der Waals surface area contributed by atoms with Gasteiger partial charge in [0.2, 0.25) is 0 Å². The lowest BCUT2D eigenvalue weighted by molar-refractivity contribution is 0.0661. The van der Waals surface area contributed by atoms with Crippen LogP contribution in [0.15, 0.2) is 42.5 Å². The molecule has 2 aromatic carbocycles. The summed E-state index contributed by atoms with van der Waals surface area (Å²) < 4.78 is 16.4. The summed E-state index contributed by atoms with van der Waals surface area (Å²) in [5.41, 5.74) is 1.41. The van der Waals surface area contributed by atoms with Crippen LogP contribution in [0.5, 0.6) is 17.2 Å². The summed E-state index contributed by atoms with van der Waals surface area (Å²) in [5.74, 6) is 1.74. The number of hydrogen-bond acceptors (Lipinski definition) is 5. The SMILES string of the molecule is COc1ccc(C(=O)N2CCN(C(=O)NCc3ccccc3OC(C)C)CC2)c(OC)c1. The van der Waals surface area contributed by atoms with E-state index in [-0.39, 0.29) is 18.0 Å². The average Bonchev–Trinajstić information content (AvgIpc) is 2.82. The van der Waals surface area contributed by atoms with Crippen molar-refractivity contribution in [1.29, 1.82) is 0 Å². The minimum Gasteiger partial charge on any atom is -0.497 e. The van der Waals surface area contributed by atoms with Gasteiger partial charge in [0.05, 0.1) is 25.9 Å². The van der Waals surface area contributed by atoms with Gasteiger partial charge in [-0.2, -0.15) is 0 Å². The molecule has 1 fully saturated rings. The van der Waals surface area contributed by atoms with Gasteiger partial charge in [-0.25, -0.2) is 4.79 Å². The van der Waals surface area contributed by atoms with Gasteiger partial charge in [-0.1, -0.05) is 18.2 Å². The third kappa shape index (κ3) is 5.63. The summed E-state index contributed by atoms with van der Waals surface area (Å²) in [6.45, 7) is 6.14. The van der Waals surface area contributed by atoms with Gasteiger partial charge in [0.1, 0.15) is 17.2 Å². The molecule has 0 radical (unpaired) electrons. The molecule has 0 aromatic heterocycles. The number of amides is 3. The van der Waals surface area contributed by atoms with Crippen LogP contribution in [0.3, 0.4) is 0 Å². The Morgan fingerprint density at radius 2 is 1.62 bits per heavy atom. The van der Waals surface area contributed by atoms with Crippen LogP contribution in [-0.2, 0) is 6.54 Å². The van der Waals surface area contributed by atoms with Gasteiger partial charge in [-0.05, 0) is 32.0 Å². The van der Waals surface area contributed by atoms with Crippen molar-refractivity contribution in [1.82, 2.24) is 15.1 Å². The molecule has 32 heavy (non-hydrogen) atoms. The summed E-state index contributed by atoms with van der Waals surface area (Å²) in [6.07, 6.45) is 0.0572. The van der Waals surface area contributed by atoms with E-state index in [1.54, 1.807) is 35.1 Å². The number of methoxy groups -OCH3 is 2. The fourth-order valence-corrected chi connectivity index (χ4v) is 3.56. The average molecular weight is 442 g/mol. The first-order valence-electron chi connectivity index (χ1n) is 10.7. The minimum atomic E-state index is -0.154. The summed E-state index contributed by atoms with van der Waals surface area (Å²) in [4.78, 5) is 29.1. The maximum atomic E-state index is 13.0. The number of hydrogen-bond donors (Lipinski definition) is 1. The summed E-state index contributed by atoms with van der Waals surface area (Å²) in [6, 6.07) is 12.7. The monoisotopic (exact) mass is 441 g/mol. The Bertz CT molecular complexity index is 939. The second kappa shape index (κ2) is 10.7. The minimum absolute atomic E-state index is 0.0572. The van der Waals surface area contributed by atoms with Crippen LogP contribution in [0.1, 0.15) is 29.8 Å². The first-order chi connectivity index (χ1) is 15.4. The number of nitrogens with zero attached hydrogens (tertiary/aromatic N) is 2. The smallest absolute Gasteiger partial charge is 0.317 e. The lowest BCUT2D eigenvalue weighted by Gasteiger charge is -2.35. The van der Waals surface area contributed by atoms with Crippen molar-refractivity contribution >= 4 is 11.9 Å². The lowest BCUT2D eigenvalue weighted by Crippen LogP contribution is -2.53. The number of carbonyl (C=O) groups excluding carboxylic acids is 2. The van der Waals surface area contributed by atoms with E-state index in [2.05, 4.69) is 5.32 Å². The highest BCUT2D eigenvalue weighted by molar-refractivity contribution is 5.97. The number of carbonyl (C=O) groups is 2. The van der Waals surface area contributed by atoms with Crippen molar-refractivity contribution in [2.24, 2.45) is 0 Å². The molecule has 8 nitrogen and oxygen atoms in total. The van der Waals surface area contributed by atoms with Crippen LogP contribution >= 0.6 is 0 Å². The highest BCUT2D eigenvalue weighted by Gasteiger charge is 2.26. The zero-order valence-electron chi connectivity index (χ0n) is 19.1. The zero-order valence-corrected chi connectivity index (χ0v) is 19.1. The molecule has 0 spiro atoms. The zero-order chi connectivity index (χ0) is 23.1. The van der Waals surface area contributed by atoms with E-state index >= 15 is 0 Å². The first-order valence-corrected chi connectivity index (χ1v) is 10.7. The molecule has 8 heteroatoms. The molecule has 0 atom stereocenters. The number of nitrogens with one attached hydrogen (secondary N) is 1. The second-order valence-electron chi connectivity index (χ2n) is 7.78. The molecule has 3 rings (SSSR count). The number of piperazine rings is 1. The molecule has 0 saturated carbocycles. The highest BCUT2D eigenvalue weighted by atomic mass is 16.5. The van der Waals surface area contributed by atoms with Crippen LogP contribution in [0.2, 0.25) is 0 Å². The van der Waals surface area contributed by atoms with Crippen LogP contribution < -0.4 is 19.5 Å². The Morgan fingerprint density at radius 3 is 2.28 bits per heavy atom. The van der Waals surface area contributed by atoms with Crippen LogP contribution in [-0.4, -0.2) is 68.2 Å². The van der Waals surface area contributed by atoms with E-state index in [0.29, 0.717) is 49.8 Å². The fraction of sp³-hybridized carbons (Fsp3) is 0.417. The predicted molar refractivity (Wildman–Crippen MR) is 121 cm³/mol. The Kier molecular flexibility index (Phi) is 7.81. The molecule has 1 aliphatic rings. The third-order valence-electron chi connectivity index (χ3n) is 5.26. The molecular formula is C24H31N3O5. The molecule has 172 valence electrons. The Labute approximate surface area is 189 Å². The molecule has 1 N–H and O–H groups in total. The van der Waals surface area contributed by atoms with Gasteiger partial charge in [-0.15, -0.1) is 0 Å². The van der Waals surface area contributed by atoms with E-state index in [9.17, 15) is 9.59 Å². The predicted octanol–water partition coefficient (Wildman–Crippen LogP) is 3.16. The molecular weight excluding hydrogens is 410 g/mol. The van der Waals surface area contributed by atoms with Gasteiger partial charge in [0.25, 0.3) is 5.91 Å². The number of urea groups is 1. The van der Waals surface area contributed by atoms with Crippen molar-refractivity contribution < 1.29 is 23.8 Å². The Morgan fingerprint density at radius 1 is 0.938 bits per heavy atom. The number of benzene rings is 2. The standard InChI is InChI=1S/C24H31N3O5/c1-17(2)32-21-8-6-5-7-18(21)16-25-24(29)27-13-11-26(12-14-27)23(28)20-10-9-19(30-3)15-22(20)31-4/h5-10,15,17H,11-14,16H2,1-4H3,(H,25,29). The van der Waals surface area contributed by atoms with Gasteiger partial charge in [-0.3, -0.25) is 4.79 Å². The third-order valence-corrected chi connectivity index (χ3v) is 5.26. The van der Waals surface area contributed by atoms with Crippen molar-refractivity contribution in [2.45, 2.75) is 26.5 Å². The van der Waals surface area contributed by atoms with Gasteiger partial charge in [0.15, 0.2) is 0 Å². The van der Waals surface area contributed by atoms with Crippen molar-refractivity contribution in [3.63, 3.8) is 0 Å². The largest absolute Gasteiger partial charge is 0.497 e. The molecule has 3 amide bonds. The topological polar surface area (TPSA) is 80.3 Å². The number of rotatable bonds is 7. The molecule has 2 aromatic rings. The van der Waals surface area contributed by atoms with Crippen molar-refractivity contribution in [2.75, 3.05) is 40.4 Å². The Hall–Kier alpha value is -3.42. The molecule has 0 bridgehead atoms. The fourth-order valence-electron chi connectivity index (χ4n) is 3.56. The quantitative estimate of drug-likeness (QED) is 0.714. The highest BCUT2D eigenvalue weighted by Crippen LogP contribution is 2.26. The van der Waals surface area contributed by atoms with Crippen LogP contribution in [0.4, 0.5) is 4.79 Å². The van der Waals surface area contributed by atoms with Crippen molar-refractivity contribution in [3.05, 3.63) is 53.6 Å². The van der Waals surface area contributed by atoms with Gasteiger partial charge in [0, 0.05) is 44.4 Å². The normalized spacial score (nSPS) is 13.7. The molecule has 1 saturated heterocycles. The first kappa shape index (κ1) is 23.2. The molecule has 1 aliphatic heterocycles.